The van der Waals surface area contributed by atoms with Crippen LogP contribution in [0.4, 0.5) is 0 Å². The third-order valence-corrected chi connectivity index (χ3v) is 4.11. The number of fused-ring (bicyclic) bond motifs is 1. The van der Waals surface area contributed by atoms with Gasteiger partial charge in [0.2, 0.25) is 5.78 Å². The van der Waals surface area contributed by atoms with Gasteiger partial charge in [-0.25, -0.2) is 0 Å². The van der Waals surface area contributed by atoms with E-state index in [4.69, 9.17) is 14.2 Å². The zero-order valence-electron chi connectivity index (χ0n) is 15.2. The first kappa shape index (κ1) is 17.8. The van der Waals surface area contributed by atoms with Crippen LogP contribution in [0.2, 0.25) is 0 Å². The monoisotopic (exact) mass is 355 g/mol. The number of nitrogens with zero attached hydrogens (tertiary/aromatic N) is 1. The summed E-state index contributed by atoms with van der Waals surface area (Å²) < 4.78 is 16.4. The average Bonchev–Trinajstić information content (AvgIpc) is 2.93. The van der Waals surface area contributed by atoms with Crippen molar-refractivity contribution in [3.05, 3.63) is 52.8 Å². The number of hydrogen-bond donors (Lipinski definition) is 1. The van der Waals surface area contributed by atoms with Crippen LogP contribution in [0, 0.1) is 0 Å². The standard InChI is InChI=1S/C20H21NO5/c1-21(2)11-15-16(22)7-6-14-19(23)18(26-20(14)15)10-12-9-13(24-3)5-8-17(12)25-4/h5-10,22H,11H2,1-4H3/b18-10-. The second-order valence-electron chi connectivity index (χ2n) is 6.23. The predicted molar refractivity (Wildman–Crippen MR) is 98.0 cm³/mol. The molecule has 26 heavy (non-hydrogen) atoms. The molecule has 0 aromatic heterocycles. The van der Waals surface area contributed by atoms with E-state index in [2.05, 4.69) is 0 Å². The number of ether oxygens (including phenoxy) is 3. The van der Waals surface area contributed by atoms with E-state index >= 15 is 0 Å². The lowest BCUT2D eigenvalue weighted by Crippen LogP contribution is -2.11. The molecule has 3 rings (SSSR count). The first-order valence-electron chi connectivity index (χ1n) is 8.10. The van der Waals surface area contributed by atoms with Gasteiger partial charge in [-0.15, -0.1) is 0 Å². The Hall–Kier alpha value is -2.99. The Balaban J connectivity index is 2.04. The van der Waals surface area contributed by atoms with E-state index < -0.39 is 0 Å². The number of aromatic hydroxyl groups is 1. The van der Waals surface area contributed by atoms with Crippen molar-refractivity contribution in [2.24, 2.45) is 0 Å². The summed E-state index contributed by atoms with van der Waals surface area (Å²) in [5.41, 5.74) is 1.69. The van der Waals surface area contributed by atoms with Gasteiger partial charge in [-0.05, 0) is 50.5 Å². The minimum atomic E-state index is -0.232. The number of benzene rings is 2. The zero-order chi connectivity index (χ0) is 18.8. The van der Waals surface area contributed by atoms with Gasteiger partial charge >= 0.3 is 0 Å². The molecule has 6 heteroatoms. The Morgan fingerprint density at radius 2 is 1.92 bits per heavy atom. The van der Waals surface area contributed by atoms with E-state index in [0.717, 1.165) is 0 Å². The summed E-state index contributed by atoms with van der Waals surface area (Å²) >= 11 is 0. The summed E-state index contributed by atoms with van der Waals surface area (Å²) in [7, 11) is 6.90. The van der Waals surface area contributed by atoms with Crippen molar-refractivity contribution >= 4 is 11.9 Å². The van der Waals surface area contributed by atoms with Crippen molar-refractivity contribution in [2.45, 2.75) is 6.54 Å². The average molecular weight is 355 g/mol. The number of Topliss-reactive ketones (excluding diaryl/α,β-unsaturated/α-hetero) is 1. The highest BCUT2D eigenvalue weighted by atomic mass is 16.5. The van der Waals surface area contributed by atoms with Crippen molar-refractivity contribution in [3.8, 4) is 23.0 Å². The molecule has 0 saturated heterocycles. The van der Waals surface area contributed by atoms with Crippen LogP contribution in [0.5, 0.6) is 23.0 Å². The van der Waals surface area contributed by atoms with Crippen molar-refractivity contribution in [3.63, 3.8) is 0 Å². The third-order valence-electron chi connectivity index (χ3n) is 4.11. The van der Waals surface area contributed by atoms with E-state index in [1.165, 1.54) is 6.07 Å². The predicted octanol–water partition coefficient (Wildman–Crippen LogP) is 3.09. The molecule has 2 aromatic carbocycles. The molecule has 0 spiro atoms. The van der Waals surface area contributed by atoms with Gasteiger partial charge in [-0.1, -0.05) is 0 Å². The fourth-order valence-electron chi connectivity index (χ4n) is 2.86. The molecule has 1 N–H and O–H groups in total. The Morgan fingerprint density at radius 1 is 1.15 bits per heavy atom. The van der Waals surface area contributed by atoms with Crippen molar-refractivity contribution in [1.82, 2.24) is 4.90 Å². The SMILES string of the molecule is COc1ccc(OC)c(/C=C2\Oc3c(ccc(O)c3CN(C)C)C2=O)c1. The van der Waals surface area contributed by atoms with Gasteiger partial charge in [-0.3, -0.25) is 4.79 Å². The number of carbonyl (C=O) groups excluding carboxylic acids is 1. The first-order chi connectivity index (χ1) is 12.4. The molecule has 136 valence electrons. The Labute approximate surface area is 152 Å². The molecule has 0 unspecified atom stereocenters. The summed E-state index contributed by atoms with van der Waals surface area (Å²) in [5, 5.41) is 10.2. The van der Waals surface area contributed by atoms with Crippen LogP contribution in [-0.2, 0) is 6.54 Å². The van der Waals surface area contributed by atoms with E-state index in [1.807, 2.05) is 19.0 Å². The second-order valence-corrected chi connectivity index (χ2v) is 6.23. The van der Waals surface area contributed by atoms with Crippen LogP contribution >= 0.6 is 0 Å². The molecule has 1 aliphatic rings. The fraction of sp³-hybridized carbons (Fsp3) is 0.250. The molecule has 0 fully saturated rings. The van der Waals surface area contributed by atoms with Crippen LogP contribution in [0.3, 0.4) is 0 Å². The topological polar surface area (TPSA) is 68.2 Å². The molecular weight excluding hydrogens is 334 g/mol. The van der Waals surface area contributed by atoms with Gasteiger partial charge in [0.1, 0.15) is 23.0 Å². The van der Waals surface area contributed by atoms with Crippen LogP contribution in [-0.4, -0.2) is 44.1 Å². The highest BCUT2D eigenvalue weighted by Crippen LogP contribution is 2.40. The summed E-state index contributed by atoms with van der Waals surface area (Å²) in [6.07, 6.45) is 1.63. The van der Waals surface area contributed by atoms with Gasteiger partial charge < -0.3 is 24.2 Å². The second kappa shape index (κ2) is 7.09. The minimum Gasteiger partial charge on any atom is -0.507 e. The molecule has 1 aliphatic heterocycles. The van der Waals surface area contributed by atoms with Crippen molar-refractivity contribution in [2.75, 3.05) is 28.3 Å². The lowest BCUT2D eigenvalue weighted by atomic mass is 10.0. The number of methoxy groups -OCH3 is 2. The highest BCUT2D eigenvalue weighted by molar-refractivity contribution is 6.15. The van der Waals surface area contributed by atoms with Gasteiger partial charge in [-0.2, -0.15) is 0 Å². The molecule has 2 aromatic rings. The third kappa shape index (κ3) is 3.23. The molecule has 0 atom stereocenters. The summed E-state index contributed by atoms with van der Waals surface area (Å²) in [6.45, 7) is 0.456. The number of ketones is 1. The maximum Gasteiger partial charge on any atom is 0.231 e. The zero-order valence-corrected chi connectivity index (χ0v) is 15.2. The lowest BCUT2D eigenvalue weighted by molar-refractivity contribution is 0.101. The molecule has 0 bridgehead atoms. The fourth-order valence-corrected chi connectivity index (χ4v) is 2.86. The highest BCUT2D eigenvalue weighted by Gasteiger charge is 2.31. The number of phenols is 1. The molecule has 0 saturated carbocycles. The number of rotatable bonds is 5. The van der Waals surface area contributed by atoms with Crippen LogP contribution < -0.4 is 14.2 Å². The van der Waals surface area contributed by atoms with Crippen molar-refractivity contribution in [1.29, 1.82) is 0 Å². The molecule has 0 aliphatic carbocycles. The Kier molecular flexibility index (Phi) is 4.86. The Bertz CT molecular complexity index is 886. The maximum absolute atomic E-state index is 12.7. The number of hydrogen-bond acceptors (Lipinski definition) is 6. The normalized spacial score (nSPS) is 14.5. The summed E-state index contributed by atoms with van der Waals surface area (Å²) in [6, 6.07) is 8.41. The molecule has 6 nitrogen and oxygen atoms in total. The number of phenolic OH excluding ortho intramolecular Hbond substituents is 1. The smallest absolute Gasteiger partial charge is 0.231 e. The number of carbonyl (C=O) groups is 1. The van der Waals surface area contributed by atoms with Crippen molar-refractivity contribution < 1.29 is 24.1 Å². The van der Waals surface area contributed by atoms with Gasteiger partial charge in [0.05, 0.1) is 25.3 Å². The molecule has 0 amide bonds. The quantitative estimate of drug-likeness (QED) is 0.832. The van der Waals surface area contributed by atoms with Crippen LogP contribution in [0.1, 0.15) is 21.5 Å². The van der Waals surface area contributed by atoms with E-state index in [1.54, 1.807) is 44.6 Å². The van der Waals surface area contributed by atoms with Gasteiger partial charge in [0.25, 0.3) is 0 Å². The van der Waals surface area contributed by atoms with Gasteiger partial charge in [0.15, 0.2) is 5.76 Å². The minimum absolute atomic E-state index is 0.102. The van der Waals surface area contributed by atoms with E-state index in [0.29, 0.717) is 40.5 Å². The number of allylic oxidation sites excluding steroid dienone is 1. The summed E-state index contributed by atoms with van der Waals surface area (Å²) in [4.78, 5) is 14.6. The largest absolute Gasteiger partial charge is 0.507 e. The van der Waals surface area contributed by atoms with Gasteiger partial charge in [0, 0.05) is 12.1 Å². The first-order valence-corrected chi connectivity index (χ1v) is 8.10. The lowest BCUT2D eigenvalue weighted by Gasteiger charge is -2.14. The molecule has 0 radical (unpaired) electrons. The summed E-state index contributed by atoms with van der Waals surface area (Å²) in [5.74, 6) is 1.69. The van der Waals surface area contributed by atoms with Crippen LogP contribution in [0.15, 0.2) is 36.1 Å². The Morgan fingerprint density at radius 3 is 2.58 bits per heavy atom. The van der Waals surface area contributed by atoms with Crippen LogP contribution in [0.25, 0.3) is 6.08 Å². The van der Waals surface area contributed by atoms with E-state index in [9.17, 15) is 9.90 Å². The molecule has 1 heterocycles. The van der Waals surface area contributed by atoms with E-state index in [-0.39, 0.29) is 17.3 Å². The molecular formula is C20H21NO5. The maximum atomic E-state index is 12.7.